The average Bonchev–Trinajstić information content (AvgIpc) is 3.26. The van der Waals surface area contributed by atoms with E-state index in [0.717, 1.165) is 45.6 Å². The van der Waals surface area contributed by atoms with Gasteiger partial charge in [0.1, 0.15) is 0 Å². The topological polar surface area (TPSA) is 60.0 Å². The van der Waals surface area contributed by atoms with Gasteiger partial charge in [-0.05, 0) is 37.5 Å². The molecule has 2 aliphatic heterocycles. The summed E-state index contributed by atoms with van der Waals surface area (Å²) in [5, 5.41) is 6.39. The first kappa shape index (κ1) is 19.9. The smallest absolute Gasteiger partial charge is 0.241 e. The number of carbonyl (C=O) groups excluding carboxylic acids is 1. The van der Waals surface area contributed by atoms with Gasteiger partial charge >= 0.3 is 0 Å². The molecule has 0 radical (unpaired) electrons. The number of anilines is 1. The van der Waals surface area contributed by atoms with Crippen LogP contribution in [-0.4, -0.2) is 67.5 Å². The molecule has 2 fully saturated rings. The minimum atomic E-state index is 0.155. The van der Waals surface area contributed by atoms with Gasteiger partial charge in [-0.1, -0.05) is 12.1 Å². The van der Waals surface area contributed by atoms with Crippen molar-refractivity contribution in [1.29, 1.82) is 0 Å². The fraction of sp³-hybridized carbons (Fsp3) is 0.600. The highest BCUT2D eigenvalue weighted by Crippen LogP contribution is 2.20. The Morgan fingerprint density at radius 1 is 1.07 bits per heavy atom. The number of nitrogens with zero attached hydrogens (tertiary/aromatic N) is 3. The Morgan fingerprint density at radius 3 is 2.44 bits per heavy atom. The zero-order valence-electron chi connectivity index (χ0n) is 16.2. The zero-order valence-corrected chi connectivity index (χ0v) is 17.1. The summed E-state index contributed by atoms with van der Waals surface area (Å²) < 4.78 is 0. The lowest BCUT2D eigenvalue weighted by Crippen LogP contribution is -2.44. The molecule has 2 saturated heterocycles. The summed E-state index contributed by atoms with van der Waals surface area (Å²) in [6, 6.07) is 8.69. The molecule has 3 rings (SSSR count). The predicted molar refractivity (Wildman–Crippen MR) is 115 cm³/mol. The number of nitrogens with one attached hydrogen (secondary N) is 2. The molecule has 0 aromatic heterocycles. The lowest BCUT2D eigenvalue weighted by molar-refractivity contribution is -0.128. The molecule has 148 valence electrons. The van der Waals surface area contributed by atoms with E-state index in [1.54, 1.807) is 0 Å². The van der Waals surface area contributed by atoms with Crippen molar-refractivity contribution < 1.29 is 4.79 Å². The summed E-state index contributed by atoms with van der Waals surface area (Å²) in [6.07, 6.45) is 2.23. The van der Waals surface area contributed by atoms with Crippen molar-refractivity contribution in [3.63, 3.8) is 0 Å². The summed E-state index contributed by atoms with van der Waals surface area (Å²) in [5.41, 5.74) is 2.47. The van der Waals surface area contributed by atoms with Gasteiger partial charge in [0.25, 0.3) is 0 Å². The second-order valence-corrected chi connectivity index (χ2v) is 8.13. The summed E-state index contributed by atoms with van der Waals surface area (Å²) >= 11 is 2.03. The maximum atomic E-state index is 12.2. The van der Waals surface area contributed by atoms with Gasteiger partial charge in [0, 0.05) is 49.9 Å². The van der Waals surface area contributed by atoms with E-state index in [1.807, 2.05) is 23.6 Å². The van der Waals surface area contributed by atoms with Gasteiger partial charge < -0.3 is 20.4 Å². The summed E-state index contributed by atoms with van der Waals surface area (Å²) in [6.45, 7) is 7.73. The second-order valence-electron chi connectivity index (χ2n) is 6.90. The Balaban J connectivity index is 1.51. The molecule has 6 nitrogen and oxygen atoms in total. The van der Waals surface area contributed by atoms with Gasteiger partial charge in [-0.25, -0.2) is 4.99 Å². The Bertz CT molecular complexity index is 622. The SMILES string of the molecule is CCNC(=NCc1ccc(N2CCSCC2)cc1)NCC(=O)N1CCCC1. The number of likely N-dealkylation sites (tertiary alicyclic amines) is 1. The maximum absolute atomic E-state index is 12.2. The molecule has 0 spiro atoms. The van der Waals surface area contributed by atoms with Crippen molar-refractivity contribution >= 4 is 29.3 Å². The van der Waals surface area contributed by atoms with Gasteiger partial charge in [-0.2, -0.15) is 11.8 Å². The van der Waals surface area contributed by atoms with Gasteiger partial charge in [-0.3, -0.25) is 4.79 Å². The van der Waals surface area contributed by atoms with Crippen molar-refractivity contribution in [3.05, 3.63) is 29.8 Å². The molecule has 0 saturated carbocycles. The number of carbonyl (C=O) groups is 1. The van der Waals surface area contributed by atoms with E-state index in [2.05, 4.69) is 44.8 Å². The van der Waals surface area contributed by atoms with Crippen LogP contribution in [0.5, 0.6) is 0 Å². The van der Waals surface area contributed by atoms with Gasteiger partial charge in [0.05, 0.1) is 13.1 Å². The van der Waals surface area contributed by atoms with E-state index in [4.69, 9.17) is 0 Å². The fourth-order valence-corrected chi connectivity index (χ4v) is 4.29. The number of amides is 1. The van der Waals surface area contributed by atoms with E-state index in [9.17, 15) is 4.79 Å². The third kappa shape index (κ3) is 6.06. The van der Waals surface area contributed by atoms with Crippen LogP contribution in [-0.2, 0) is 11.3 Å². The number of hydrogen-bond donors (Lipinski definition) is 2. The molecular formula is C20H31N5OS. The normalized spacial score (nSPS) is 17.9. The standard InChI is InChI=1S/C20H31N5OS/c1-2-21-20(23-16-19(26)25-9-3-4-10-25)22-15-17-5-7-18(8-6-17)24-11-13-27-14-12-24/h5-8H,2-4,9-16H2,1H3,(H2,21,22,23). The van der Waals surface area contributed by atoms with E-state index in [-0.39, 0.29) is 5.91 Å². The number of rotatable bonds is 6. The molecule has 1 aromatic carbocycles. The molecule has 0 bridgehead atoms. The Labute approximate surface area is 166 Å². The van der Waals surface area contributed by atoms with Gasteiger partial charge in [-0.15, -0.1) is 0 Å². The van der Waals surface area contributed by atoms with E-state index in [1.165, 1.54) is 22.8 Å². The Kier molecular flexibility index (Phi) is 7.68. The zero-order chi connectivity index (χ0) is 18.9. The molecule has 7 heteroatoms. The van der Waals surface area contributed by atoms with Crippen LogP contribution in [0.3, 0.4) is 0 Å². The van der Waals surface area contributed by atoms with Crippen LogP contribution in [0.1, 0.15) is 25.3 Å². The Morgan fingerprint density at radius 2 is 1.78 bits per heavy atom. The van der Waals surface area contributed by atoms with Crippen molar-refractivity contribution in [2.75, 3.05) is 55.7 Å². The highest BCUT2D eigenvalue weighted by Gasteiger charge is 2.17. The lowest BCUT2D eigenvalue weighted by atomic mass is 10.2. The van der Waals surface area contributed by atoms with E-state index >= 15 is 0 Å². The molecule has 0 aliphatic carbocycles. The molecular weight excluding hydrogens is 358 g/mol. The van der Waals surface area contributed by atoms with Crippen molar-refractivity contribution in [2.45, 2.75) is 26.3 Å². The molecule has 0 unspecified atom stereocenters. The number of hydrogen-bond acceptors (Lipinski definition) is 4. The highest BCUT2D eigenvalue weighted by atomic mass is 32.2. The monoisotopic (exact) mass is 389 g/mol. The quantitative estimate of drug-likeness (QED) is 0.575. The van der Waals surface area contributed by atoms with Crippen LogP contribution < -0.4 is 15.5 Å². The molecule has 1 aromatic rings. The molecule has 27 heavy (non-hydrogen) atoms. The van der Waals surface area contributed by atoms with Crippen molar-refractivity contribution in [2.24, 2.45) is 4.99 Å². The largest absolute Gasteiger partial charge is 0.370 e. The Hall–Kier alpha value is -1.89. The lowest BCUT2D eigenvalue weighted by Gasteiger charge is -2.28. The van der Waals surface area contributed by atoms with E-state index in [0.29, 0.717) is 19.0 Å². The van der Waals surface area contributed by atoms with Crippen LogP contribution in [0, 0.1) is 0 Å². The maximum Gasteiger partial charge on any atom is 0.241 e. The fourth-order valence-electron chi connectivity index (χ4n) is 3.38. The number of thioether (sulfide) groups is 1. The van der Waals surface area contributed by atoms with Crippen molar-refractivity contribution in [1.82, 2.24) is 15.5 Å². The first-order valence-electron chi connectivity index (χ1n) is 9.98. The summed E-state index contributed by atoms with van der Waals surface area (Å²) in [5.74, 6) is 3.27. The number of aliphatic imine (C=N–C) groups is 1. The van der Waals surface area contributed by atoms with Crippen LogP contribution in [0.25, 0.3) is 0 Å². The third-order valence-electron chi connectivity index (χ3n) is 4.94. The third-order valence-corrected chi connectivity index (χ3v) is 5.88. The van der Waals surface area contributed by atoms with Crippen LogP contribution >= 0.6 is 11.8 Å². The van der Waals surface area contributed by atoms with Gasteiger partial charge in [0.15, 0.2) is 5.96 Å². The van der Waals surface area contributed by atoms with Crippen LogP contribution in [0.2, 0.25) is 0 Å². The minimum absolute atomic E-state index is 0.155. The second kappa shape index (κ2) is 10.4. The first-order valence-corrected chi connectivity index (χ1v) is 11.1. The van der Waals surface area contributed by atoms with Crippen LogP contribution in [0.4, 0.5) is 5.69 Å². The van der Waals surface area contributed by atoms with Gasteiger partial charge in [0.2, 0.25) is 5.91 Å². The summed E-state index contributed by atoms with van der Waals surface area (Å²) in [4.78, 5) is 21.2. The molecule has 1 amide bonds. The molecule has 2 heterocycles. The number of guanidine groups is 1. The summed E-state index contributed by atoms with van der Waals surface area (Å²) in [7, 11) is 0. The molecule has 0 atom stereocenters. The number of benzene rings is 1. The predicted octanol–water partition coefficient (Wildman–Crippen LogP) is 1.92. The first-order chi connectivity index (χ1) is 13.3. The van der Waals surface area contributed by atoms with Crippen molar-refractivity contribution in [3.8, 4) is 0 Å². The molecule has 2 N–H and O–H groups in total. The van der Waals surface area contributed by atoms with E-state index < -0.39 is 0 Å². The average molecular weight is 390 g/mol. The van der Waals surface area contributed by atoms with Crippen LogP contribution in [0.15, 0.2) is 29.3 Å². The molecule has 2 aliphatic rings. The highest BCUT2D eigenvalue weighted by molar-refractivity contribution is 7.99. The minimum Gasteiger partial charge on any atom is -0.370 e.